The number of anilines is 1. The van der Waals surface area contributed by atoms with E-state index in [1.807, 2.05) is 24.4 Å². The molecule has 0 radical (unpaired) electrons. The molecule has 4 heterocycles. The molecule has 0 amide bonds. The molecular formula is C21H21FN6. The van der Waals surface area contributed by atoms with Crippen LogP contribution in [0.5, 0.6) is 0 Å². The number of nitrogens with one attached hydrogen (secondary N) is 1. The van der Waals surface area contributed by atoms with Crippen molar-refractivity contribution in [3.63, 3.8) is 0 Å². The molecule has 5 rings (SSSR count). The van der Waals surface area contributed by atoms with Crippen LogP contribution in [0, 0.1) is 5.82 Å². The van der Waals surface area contributed by atoms with Crippen LogP contribution in [0.2, 0.25) is 0 Å². The highest BCUT2D eigenvalue weighted by atomic mass is 19.1. The van der Waals surface area contributed by atoms with Crippen molar-refractivity contribution in [3.8, 4) is 11.3 Å². The molecule has 1 fully saturated rings. The number of halogens is 1. The number of aromatic nitrogens is 4. The Hall–Kier alpha value is -3.06. The van der Waals surface area contributed by atoms with Gasteiger partial charge < -0.3 is 10.2 Å². The maximum absolute atomic E-state index is 14.4. The first-order valence-electron chi connectivity index (χ1n) is 9.42. The van der Waals surface area contributed by atoms with Crippen molar-refractivity contribution in [1.82, 2.24) is 25.1 Å². The third-order valence-electron chi connectivity index (χ3n) is 5.49. The van der Waals surface area contributed by atoms with E-state index in [0.717, 1.165) is 41.5 Å². The van der Waals surface area contributed by atoms with E-state index in [-0.39, 0.29) is 5.82 Å². The number of rotatable bonds is 3. The van der Waals surface area contributed by atoms with E-state index in [4.69, 9.17) is 0 Å². The van der Waals surface area contributed by atoms with Crippen LogP contribution in [0.3, 0.4) is 0 Å². The highest BCUT2D eigenvalue weighted by Crippen LogP contribution is 2.28. The van der Waals surface area contributed by atoms with E-state index in [1.54, 1.807) is 17.9 Å². The van der Waals surface area contributed by atoms with Gasteiger partial charge in [-0.25, -0.2) is 14.4 Å². The van der Waals surface area contributed by atoms with Gasteiger partial charge in [-0.1, -0.05) is 0 Å². The van der Waals surface area contributed by atoms with Gasteiger partial charge >= 0.3 is 0 Å². The Kier molecular flexibility index (Phi) is 3.98. The maximum Gasteiger partial charge on any atom is 0.159 e. The van der Waals surface area contributed by atoms with Gasteiger partial charge in [0.25, 0.3) is 0 Å². The lowest BCUT2D eigenvalue weighted by Crippen LogP contribution is -2.33. The zero-order valence-corrected chi connectivity index (χ0v) is 15.9. The van der Waals surface area contributed by atoms with Gasteiger partial charge in [-0.3, -0.25) is 4.68 Å². The van der Waals surface area contributed by atoms with Gasteiger partial charge in [-0.2, -0.15) is 5.10 Å². The quantitative estimate of drug-likeness (QED) is 0.595. The topological polar surface area (TPSA) is 58.9 Å². The Morgan fingerprint density at radius 1 is 1.21 bits per heavy atom. The molecule has 28 heavy (non-hydrogen) atoms. The third-order valence-corrected chi connectivity index (χ3v) is 5.49. The Balaban J connectivity index is 1.52. The normalized spacial score (nSPS) is 16.9. The second-order valence-electron chi connectivity index (χ2n) is 7.39. The molecule has 1 atom stereocenters. The first kappa shape index (κ1) is 17.1. The molecule has 1 saturated heterocycles. The minimum absolute atomic E-state index is 0.342. The van der Waals surface area contributed by atoms with Crippen LogP contribution in [-0.4, -0.2) is 45.9 Å². The molecule has 0 unspecified atom stereocenters. The molecule has 1 aliphatic heterocycles. The number of benzene rings is 1. The Labute approximate surface area is 162 Å². The Morgan fingerprint density at radius 2 is 2.11 bits per heavy atom. The minimum Gasteiger partial charge on any atom is -0.369 e. The van der Waals surface area contributed by atoms with Crippen molar-refractivity contribution in [2.75, 3.05) is 25.0 Å². The van der Waals surface area contributed by atoms with Crippen molar-refractivity contribution in [1.29, 1.82) is 0 Å². The molecule has 1 N–H and O–H groups in total. The fourth-order valence-corrected chi connectivity index (χ4v) is 3.89. The van der Waals surface area contributed by atoms with Crippen molar-refractivity contribution in [2.24, 2.45) is 7.05 Å². The third kappa shape index (κ3) is 2.88. The second-order valence-corrected chi connectivity index (χ2v) is 7.39. The summed E-state index contributed by atoms with van der Waals surface area (Å²) < 4.78 is 16.0. The number of hydrogen-bond donors (Lipinski definition) is 1. The minimum atomic E-state index is -0.342. The van der Waals surface area contributed by atoms with E-state index in [9.17, 15) is 4.39 Å². The largest absolute Gasteiger partial charge is 0.369 e. The molecule has 7 heteroatoms. The molecular weight excluding hydrogens is 355 g/mol. The van der Waals surface area contributed by atoms with Gasteiger partial charge in [0.2, 0.25) is 0 Å². The molecule has 0 aliphatic carbocycles. The lowest BCUT2D eigenvalue weighted by molar-refractivity contribution is 0.633. The predicted octanol–water partition coefficient (Wildman–Crippen LogP) is 3.12. The summed E-state index contributed by atoms with van der Waals surface area (Å²) in [5, 5.41) is 9.28. The number of aryl methyl sites for hydroxylation is 1. The van der Waals surface area contributed by atoms with Gasteiger partial charge in [0, 0.05) is 49.2 Å². The molecule has 4 aromatic rings. The van der Waals surface area contributed by atoms with Gasteiger partial charge in [-0.15, -0.1) is 0 Å². The van der Waals surface area contributed by atoms with Crippen LogP contribution in [0.15, 0.2) is 42.7 Å². The molecule has 1 aliphatic rings. The smallest absolute Gasteiger partial charge is 0.159 e. The summed E-state index contributed by atoms with van der Waals surface area (Å²) in [4.78, 5) is 11.5. The summed E-state index contributed by atoms with van der Waals surface area (Å²) >= 11 is 0. The van der Waals surface area contributed by atoms with Crippen LogP contribution in [0.1, 0.15) is 6.42 Å². The standard InChI is InChI=1S/C21H21FN6/c1-27-12-15-7-14(9-18(22)20(15)26-27)19-4-3-13-8-17(11-24-21(13)25-19)28(2)16-5-6-23-10-16/h3-4,7-9,11-12,16,23H,5-6,10H2,1-2H3/t16-/m1/s1. The SMILES string of the molecule is CN(c1cnc2nc(-c3cc(F)c4nn(C)cc4c3)ccc2c1)[C@@H]1CCNC1. The second kappa shape index (κ2) is 6.53. The molecule has 0 saturated carbocycles. The molecule has 142 valence electrons. The number of pyridine rings is 2. The van der Waals surface area contributed by atoms with Crippen LogP contribution in [0.25, 0.3) is 33.2 Å². The van der Waals surface area contributed by atoms with Crippen molar-refractivity contribution in [3.05, 3.63) is 48.5 Å². The highest BCUT2D eigenvalue weighted by Gasteiger charge is 2.20. The van der Waals surface area contributed by atoms with Crippen molar-refractivity contribution >= 4 is 27.6 Å². The first-order chi connectivity index (χ1) is 13.6. The average Bonchev–Trinajstić information content (AvgIpc) is 3.36. The van der Waals surface area contributed by atoms with Gasteiger partial charge in [0.1, 0.15) is 5.52 Å². The van der Waals surface area contributed by atoms with Gasteiger partial charge in [0.05, 0.1) is 17.6 Å². The Bertz CT molecular complexity index is 1180. The monoisotopic (exact) mass is 376 g/mol. The van der Waals surface area contributed by atoms with Crippen LogP contribution >= 0.6 is 0 Å². The predicted molar refractivity (Wildman–Crippen MR) is 109 cm³/mol. The number of fused-ring (bicyclic) bond motifs is 2. The van der Waals surface area contributed by atoms with Gasteiger partial charge in [0.15, 0.2) is 11.5 Å². The first-order valence-corrected chi connectivity index (χ1v) is 9.42. The van der Waals surface area contributed by atoms with E-state index in [1.165, 1.54) is 6.07 Å². The summed E-state index contributed by atoms with van der Waals surface area (Å²) in [7, 11) is 3.89. The van der Waals surface area contributed by atoms with Crippen molar-refractivity contribution < 1.29 is 4.39 Å². The Morgan fingerprint density at radius 3 is 2.93 bits per heavy atom. The van der Waals surface area contributed by atoms with Crippen LogP contribution in [-0.2, 0) is 7.05 Å². The van der Waals surface area contributed by atoms with E-state index < -0.39 is 0 Å². The lowest BCUT2D eigenvalue weighted by atomic mass is 10.1. The number of hydrogen-bond acceptors (Lipinski definition) is 5. The van der Waals surface area contributed by atoms with Crippen LogP contribution in [0.4, 0.5) is 10.1 Å². The number of nitrogens with zero attached hydrogens (tertiary/aromatic N) is 5. The zero-order valence-electron chi connectivity index (χ0n) is 15.9. The van der Waals surface area contributed by atoms with Crippen molar-refractivity contribution in [2.45, 2.75) is 12.5 Å². The fraction of sp³-hybridized carbons (Fsp3) is 0.286. The molecule has 3 aromatic heterocycles. The molecule has 1 aromatic carbocycles. The summed E-state index contributed by atoms with van der Waals surface area (Å²) in [6.07, 6.45) is 4.80. The van der Waals surface area contributed by atoms with E-state index in [0.29, 0.717) is 22.9 Å². The number of likely N-dealkylation sites (N-methyl/N-ethyl adjacent to an activating group) is 1. The van der Waals surface area contributed by atoms with Crippen LogP contribution < -0.4 is 10.2 Å². The zero-order chi connectivity index (χ0) is 19.3. The lowest BCUT2D eigenvalue weighted by Gasteiger charge is -2.25. The maximum atomic E-state index is 14.4. The molecule has 0 spiro atoms. The summed E-state index contributed by atoms with van der Waals surface area (Å²) in [6.45, 7) is 2.05. The fourth-order valence-electron chi connectivity index (χ4n) is 3.89. The highest BCUT2D eigenvalue weighted by molar-refractivity contribution is 5.86. The average molecular weight is 376 g/mol. The molecule has 0 bridgehead atoms. The van der Waals surface area contributed by atoms with Gasteiger partial charge in [-0.05, 0) is 43.3 Å². The van der Waals surface area contributed by atoms with E-state index in [2.05, 4.69) is 38.4 Å². The molecule has 6 nitrogen and oxygen atoms in total. The summed E-state index contributed by atoms with van der Waals surface area (Å²) in [6, 6.07) is 9.92. The van der Waals surface area contributed by atoms with E-state index >= 15 is 0 Å². The summed E-state index contributed by atoms with van der Waals surface area (Å²) in [5.41, 5.74) is 3.54. The summed E-state index contributed by atoms with van der Waals surface area (Å²) in [5.74, 6) is -0.342.